The number of benzene rings is 2. The molecule has 0 saturated heterocycles. The van der Waals surface area contributed by atoms with E-state index in [9.17, 15) is 8.42 Å². The van der Waals surface area contributed by atoms with Crippen LogP contribution in [0.25, 0.3) is 0 Å². The maximum Gasteiger partial charge on any atom is 0.246 e. The molecular weight excluding hydrogens is 394 g/mol. The van der Waals surface area contributed by atoms with Crippen molar-refractivity contribution in [2.45, 2.75) is 48.5 Å². The van der Waals surface area contributed by atoms with E-state index in [2.05, 4.69) is 75.5 Å². The van der Waals surface area contributed by atoms with Gasteiger partial charge in [-0.2, -0.15) is 0 Å². The van der Waals surface area contributed by atoms with Gasteiger partial charge < -0.3 is 0 Å². The summed E-state index contributed by atoms with van der Waals surface area (Å²) in [5.41, 5.74) is 3.65. The van der Waals surface area contributed by atoms with Gasteiger partial charge in [0.1, 0.15) is 0 Å². The molecule has 0 amide bonds. The fourth-order valence-electron chi connectivity index (χ4n) is 5.16. The second kappa shape index (κ2) is 7.00. The Hall–Kier alpha value is -2.57. The van der Waals surface area contributed by atoms with Crippen molar-refractivity contribution >= 4 is 9.84 Å². The summed E-state index contributed by atoms with van der Waals surface area (Å²) < 4.78 is 23.8. The molecule has 2 bridgehead atoms. The van der Waals surface area contributed by atoms with Crippen LogP contribution in [0.2, 0.25) is 0 Å². The molecule has 0 unspecified atom stereocenters. The zero-order chi connectivity index (χ0) is 20.8. The summed E-state index contributed by atoms with van der Waals surface area (Å²) in [5.74, 6) is 0. The highest BCUT2D eigenvalue weighted by Crippen LogP contribution is 2.70. The molecule has 5 nitrogen and oxygen atoms in total. The normalized spacial score (nSPS) is 24.9. The molecule has 2 aromatic carbocycles. The number of rotatable bonds is 7. The van der Waals surface area contributed by atoms with Crippen LogP contribution >= 0.6 is 0 Å². The van der Waals surface area contributed by atoms with E-state index < -0.39 is 9.84 Å². The lowest BCUT2D eigenvalue weighted by molar-refractivity contribution is -0.180. The van der Waals surface area contributed by atoms with E-state index in [0.29, 0.717) is 0 Å². The zero-order valence-electron chi connectivity index (χ0n) is 17.0. The maximum absolute atomic E-state index is 11.9. The van der Waals surface area contributed by atoms with Gasteiger partial charge in [0.15, 0.2) is 0 Å². The number of hydrogen-bond donors (Lipinski definition) is 0. The molecule has 6 rings (SSSR count). The molecule has 6 heteroatoms. The Morgan fingerprint density at radius 2 is 1.40 bits per heavy atom. The Kier molecular flexibility index (Phi) is 4.52. The van der Waals surface area contributed by atoms with Gasteiger partial charge in [-0.1, -0.05) is 60.7 Å². The van der Waals surface area contributed by atoms with E-state index in [1.54, 1.807) is 6.20 Å². The predicted octanol–water partition coefficient (Wildman–Crippen LogP) is 3.76. The molecule has 3 aliphatic carbocycles. The Morgan fingerprint density at radius 1 is 0.867 bits per heavy atom. The lowest BCUT2D eigenvalue weighted by atomic mass is 9.37. The van der Waals surface area contributed by atoms with Gasteiger partial charge in [0.2, 0.25) is 15.0 Å². The smallest absolute Gasteiger partial charge is 0.246 e. The molecule has 0 N–H and O–H groups in total. The van der Waals surface area contributed by atoms with Crippen LogP contribution in [-0.4, -0.2) is 35.1 Å². The Bertz CT molecular complexity index is 1100. The van der Waals surface area contributed by atoms with E-state index in [0.717, 1.165) is 44.3 Å². The first kappa shape index (κ1) is 19.4. The summed E-state index contributed by atoms with van der Waals surface area (Å²) in [6.45, 7) is 1.81. The summed E-state index contributed by atoms with van der Waals surface area (Å²) in [6.07, 6.45) is 5.79. The standard InChI is InChI=1S/C24H25N3O2S/c1-30(28,29)22-25-13-12-21(26-22)23-16-24(17-23,18-23)27(14-19-8-4-2-5-9-19)15-20-10-6-3-7-11-20/h2-13H,14-18H2,1H3. The molecule has 3 saturated carbocycles. The SMILES string of the molecule is CS(=O)(=O)c1nccc(C23CC(N(Cc4ccccc4)Cc4ccccc4)(C2)C3)n1. The van der Waals surface area contributed by atoms with Gasteiger partial charge in [0, 0.05) is 36.5 Å². The van der Waals surface area contributed by atoms with Crippen LogP contribution in [0.3, 0.4) is 0 Å². The van der Waals surface area contributed by atoms with Crippen LogP contribution in [0.1, 0.15) is 36.1 Å². The van der Waals surface area contributed by atoms with Crippen LogP contribution in [-0.2, 0) is 28.3 Å². The number of nitrogens with zero attached hydrogens (tertiary/aromatic N) is 3. The molecule has 1 heterocycles. The van der Waals surface area contributed by atoms with Crippen LogP contribution in [0, 0.1) is 0 Å². The average Bonchev–Trinajstić information content (AvgIpc) is 2.67. The van der Waals surface area contributed by atoms with E-state index >= 15 is 0 Å². The molecular formula is C24H25N3O2S. The van der Waals surface area contributed by atoms with Crippen LogP contribution in [0.4, 0.5) is 0 Å². The molecule has 1 aromatic heterocycles. The highest BCUT2D eigenvalue weighted by atomic mass is 32.2. The number of aromatic nitrogens is 2. The number of sulfone groups is 1. The average molecular weight is 420 g/mol. The molecule has 3 aromatic rings. The lowest BCUT2D eigenvalue weighted by Gasteiger charge is -2.74. The summed E-state index contributed by atoms with van der Waals surface area (Å²) in [6, 6.07) is 23.1. The van der Waals surface area contributed by atoms with E-state index in [1.807, 2.05) is 6.07 Å². The molecule has 3 aliphatic rings. The Morgan fingerprint density at radius 3 is 1.90 bits per heavy atom. The minimum Gasteiger partial charge on any atom is -0.289 e. The fourth-order valence-corrected chi connectivity index (χ4v) is 5.67. The predicted molar refractivity (Wildman–Crippen MR) is 116 cm³/mol. The fraction of sp³-hybridized carbons (Fsp3) is 0.333. The van der Waals surface area contributed by atoms with Crippen molar-refractivity contribution in [3.05, 3.63) is 89.7 Å². The Balaban J connectivity index is 1.38. The van der Waals surface area contributed by atoms with Gasteiger partial charge in [-0.3, -0.25) is 4.90 Å². The van der Waals surface area contributed by atoms with Gasteiger partial charge in [0.05, 0.1) is 5.69 Å². The third kappa shape index (κ3) is 3.34. The van der Waals surface area contributed by atoms with Crippen molar-refractivity contribution in [1.29, 1.82) is 0 Å². The van der Waals surface area contributed by atoms with Crippen LogP contribution < -0.4 is 0 Å². The summed E-state index contributed by atoms with van der Waals surface area (Å²) in [5, 5.41) is -0.0656. The quantitative estimate of drug-likeness (QED) is 0.546. The minimum absolute atomic E-state index is 0.00595. The van der Waals surface area contributed by atoms with Crippen LogP contribution in [0.5, 0.6) is 0 Å². The van der Waals surface area contributed by atoms with Crippen molar-refractivity contribution in [1.82, 2.24) is 14.9 Å². The first-order chi connectivity index (χ1) is 14.4. The van der Waals surface area contributed by atoms with Crippen molar-refractivity contribution < 1.29 is 8.42 Å². The van der Waals surface area contributed by atoms with Crippen molar-refractivity contribution in [3.8, 4) is 0 Å². The highest BCUT2D eigenvalue weighted by Gasteiger charge is 2.71. The van der Waals surface area contributed by atoms with Crippen molar-refractivity contribution in [2.24, 2.45) is 0 Å². The summed E-state index contributed by atoms with van der Waals surface area (Å²) in [7, 11) is -3.40. The van der Waals surface area contributed by atoms with Gasteiger partial charge in [-0.05, 0) is 36.5 Å². The first-order valence-electron chi connectivity index (χ1n) is 10.3. The first-order valence-corrected chi connectivity index (χ1v) is 12.1. The summed E-state index contributed by atoms with van der Waals surface area (Å²) >= 11 is 0. The largest absolute Gasteiger partial charge is 0.289 e. The molecule has 0 atom stereocenters. The highest BCUT2D eigenvalue weighted by molar-refractivity contribution is 7.90. The maximum atomic E-state index is 11.9. The molecule has 0 aliphatic heterocycles. The molecule has 154 valence electrons. The topological polar surface area (TPSA) is 63.2 Å². The summed E-state index contributed by atoms with van der Waals surface area (Å²) in [4.78, 5) is 11.0. The van der Waals surface area contributed by atoms with Crippen LogP contribution in [0.15, 0.2) is 78.1 Å². The lowest BCUT2D eigenvalue weighted by Crippen LogP contribution is -2.76. The molecule has 0 spiro atoms. The molecule has 30 heavy (non-hydrogen) atoms. The molecule has 3 fully saturated rings. The monoisotopic (exact) mass is 419 g/mol. The van der Waals surface area contributed by atoms with Crippen molar-refractivity contribution in [3.63, 3.8) is 0 Å². The van der Waals surface area contributed by atoms with E-state index in [1.165, 1.54) is 11.1 Å². The minimum atomic E-state index is -3.40. The zero-order valence-corrected chi connectivity index (χ0v) is 17.8. The number of hydrogen-bond acceptors (Lipinski definition) is 5. The van der Waals surface area contributed by atoms with Gasteiger partial charge in [-0.15, -0.1) is 0 Å². The van der Waals surface area contributed by atoms with Gasteiger partial charge in [-0.25, -0.2) is 18.4 Å². The van der Waals surface area contributed by atoms with Gasteiger partial charge in [0.25, 0.3) is 0 Å². The van der Waals surface area contributed by atoms with Gasteiger partial charge >= 0.3 is 0 Å². The van der Waals surface area contributed by atoms with Crippen molar-refractivity contribution in [2.75, 3.05) is 6.26 Å². The third-order valence-electron chi connectivity index (χ3n) is 6.61. The second-order valence-corrected chi connectivity index (χ2v) is 10.8. The third-order valence-corrected chi connectivity index (χ3v) is 7.47. The second-order valence-electron chi connectivity index (χ2n) is 8.86. The van der Waals surface area contributed by atoms with E-state index in [-0.39, 0.29) is 16.1 Å². The Labute approximate surface area is 177 Å². The molecule has 0 radical (unpaired) electrons. The van der Waals surface area contributed by atoms with E-state index in [4.69, 9.17) is 0 Å².